The molecule has 4 rings (SSSR count). The van der Waals surface area contributed by atoms with E-state index in [2.05, 4.69) is 9.97 Å². The Labute approximate surface area is 204 Å². The average Bonchev–Trinajstić information content (AvgIpc) is 2.84. The van der Waals surface area contributed by atoms with E-state index in [9.17, 15) is 15.0 Å². The fourth-order valence-electron chi connectivity index (χ4n) is 3.70. The molecule has 0 aliphatic heterocycles. The van der Waals surface area contributed by atoms with E-state index in [1.165, 1.54) is 12.1 Å². The Balaban J connectivity index is 1.74. The number of hydrogen-bond donors (Lipinski definition) is 2. The van der Waals surface area contributed by atoms with Crippen LogP contribution in [-0.2, 0) is 6.54 Å². The van der Waals surface area contributed by atoms with Crippen LogP contribution in [0.3, 0.4) is 0 Å². The van der Waals surface area contributed by atoms with E-state index in [1.54, 1.807) is 17.3 Å². The normalized spacial score (nSPS) is 10.7. The van der Waals surface area contributed by atoms with Gasteiger partial charge >= 0.3 is 0 Å². The smallest absolute Gasteiger partial charge is 0.262 e. The lowest BCUT2D eigenvalue weighted by molar-refractivity contribution is 0.0982. The van der Waals surface area contributed by atoms with Gasteiger partial charge in [0.05, 0.1) is 17.8 Å². The van der Waals surface area contributed by atoms with Gasteiger partial charge in [0.2, 0.25) is 5.95 Å². The maximum atomic E-state index is 13.5. The first kappa shape index (κ1) is 23.7. The lowest BCUT2D eigenvalue weighted by Gasteiger charge is -2.24. The molecule has 0 atom stereocenters. The van der Waals surface area contributed by atoms with Gasteiger partial charge in [0, 0.05) is 49.5 Å². The fourth-order valence-corrected chi connectivity index (χ4v) is 3.70. The van der Waals surface area contributed by atoms with Crippen LogP contribution in [0.15, 0.2) is 67.0 Å². The predicted molar refractivity (Wildman–Crippen MR) is 136 cm³/mol. The van der Waals surface area contributed by atoms with Crippen LogP contribution in [-0.4, -0.2) is 45.2 Å². The molecule has 2 aromatic carbocycles. The molecule has 0 aliphatic rings. The Morgan fingerprint density at radius 1 is 0.971 bits per heavy atom. The van der Waals surface area contributed by atoms with Crippen molar-refractivity contribution in [2.24, 2.45) is 0 Å². The van der Waals surface area contributed by atoms with Crippen molar-refractivity contribution in [1.29, 1.82) is 0 Å². The first-order valence-electron chi connectivity index (χ1n) is 11.1. The minimum absolute atomic E-state index is 0.0914. The van der Waals surface area contributed by atoms with Crippen molar-refractivity contribution in [2.45, 2.75) is 20.4 Å². The number of carbonyl (C=O) groups excluding carboxylic acids is 1. The van der Waals surface area contributed by atoms with Gasteiger partial charge in [-0.2, -0.15) is 0 Å². The number of phenols is 2. The molecular weight excluding hydrogens is 442 g/mol. The summed E-state index contributed by atoms with van der Waals surface area (Å²) in [5.74, 6) is -0.174. The number of hydrogen-bond acceptors (Lipinski definition) is 7. The number of phenolic OH excluding ortho intramolecular Hbond substituents is 2. The second-order valence-corrected chi connectivity index (χ2v) is 8.48. The first-order valence-corrected chi connectivity index (χ1v) is 11.1. The van der Waals surface area contributed by atoms with Gasteiger partial charge in [-0.05, 0) is 55.3 Å². The molecule has 8 nitrogen and oxygen atoms in total. The second kappa shape index (κ2) is 9.80. The number of aromatic nitrogens is 3. The van der Waals surface area contributed by atoms with Crippen molar-refractivity contribution >= 4 is 17.5 Å². The standard InChI is InChI=1S/C27H27N5O3/c1-17-18(2)29-27(31(3)4)30-25(17)20-7-9-21(10-8-20)32(16-19-6-5-13-28-15-19)26(35)23-12-11-22(33)14-24(23)34/h5-15,33-34H,16H2,1-4H3. The molecule has 8 heteroatoms. The Kier molecular flexibility index (Phi) is 6.64. The highest BCUT2D eigenvalue weighted by molar-refractivity contribution is 6.08. The highest BCUT2D eigenvalue weighted by Gasteiger charge is 2.22. The molecule has 0 spiro atoms. The van der Waals surface area contributed by atoms with Gasteiger partial charge in [0.15, 0.2) is 0 Å². The summed E-state index contributed by atoms with van der Waals surface area (Å²) in [7, 11) is 3.80. The molecule has 178 valence electrons. The highest BCUT2D eigenvalue weighted by Crippen LogP contribution is 2.30. The summed E-state index contributed by atoms with van der Waals surface area (Å²) in [6.45, 7) is 4.20. The molecule has 0 bridgehead atoms. The van der Waals surface area contributed by atoms with Crippen LogP contribution in [0.5, 0.6) is 11.5 Å². The van der Waals surface area contributed by atoms with Gasteiger partial charge < -0.3 is 20.0 Å². The second-order valence-electron chi connectivity index (χ2n) is 8.48. The molecule has 2 aromatic heterocycles. The summed E-state index contributed by atoms with van der Waals surface area (Å²) in [5, 5.41) is 19.9. The van der Waals surface area contributed by atoms with E-state index in [0.29, 0.717) is 11.6 Å². The Bertz CT molecular complexity index is 1360. The van der Waals surface area contributed by atoms with Crippen LogP contribution in [0, 0.1) is 13.8 Å². The molecule has 2 heterocycles. The zero-order valence-corrected chi connectivity index (χ0v) is 20.1. The Morgan fingerprint density at radius 3 is 2.34 bits per heavy atom. The number of anilines is 2. The van der Waals surface area contributed by atoms with Crippen LogP contribution in [0.25, 0.3) is 11.3 Å². The molecule has 2 N–H and O–H groups in total. The zero-order chi connectivity index (χ0) is 25.1. The van der Waals surface area contributed by atoms with E-state index in [-0.39, 0.29) is 23.6 Å². The maximum Gasteiger partial charge on any atom is 0.262 e. The first-order chi connectivity index (χ1) is 16.7. The third-order valence-corrected chi connectivity index (χ3v) is 5.75. The minimum Gasteiger partial charge on any atom is -0.508 e. The van der Waals surface area contributed by atoms with Crippen LogP contribution in [0.4, 0.5) is 11.6 Å². The molecule has 0 aliphatic carbocycles. The van der Waals surface area contributed by atoms with Crippen LogP contribution in [0.2, 0.25) is 0 Å². The van der Waals surface area contributed by atoms with Crippen molar-refractivity contribution in [3.05, 3.63) is 89.4 Å². The van der Waals surface area contributed by atoms with Gasteiger partial charge in [0.1, 0.15) is 11.5 Å². The van der Waals surface area contributed by atoms with Gasteiger partial charge in [-0.1, -0.05) is 18.2 Å². The molecule has 4 aromatic rings. The monoisotopic (exact) mass is 469 g/mol. The summed E-state index contributed by atoms with van der Waals surface area (Å²) in [6, 6.07) is 15.2. The minimum atomic E-state index is -0.400. The summed E-state index contributed by atoms with van der Waals surface area (Å²) in [6.07, 6.45) is 3.37. The van der Waals surface area contributed by atoms with Crippen molar-refractivity contribution in [2.75, 3.05) is 23.9 Å². The number of benzene rings is 2. The van der Waals surface area contributed by atoms with Gasteiger partial charge in [-0.15, -0.1) is 0 Å². The van der Waals surface area contributed by atoms with Crippen molar-refractivity contribution in [3.63, 3.8) is 0 Å². The summed E-state index contributed by atoms with van der Waals surface area (Å²) in [4.78, 5) is 30.3. The fraction of sp³-hybridized carbons (Fsp3) is 0.185. The Hall–Kier alpha value is -4.46. The topological polar surface area (TPSA) is 103 Å². The van der Waals surface area contributed by atoms with Crippen molar-refractivity contribution in [1.82, 2.24) is 15.0 Å². The largest absolute Gasteiger partial charge is 0.508 e. The highest BCUT2D eigenvalue weighted by atomic mass is 16.3. The lowest BCUT2D eigenvalue weighted by atomic mass is 10.0. The third kappa shape index (κ3) is 5.06. The molecule has 0 radical (unpaired) electrons. The molecule has 35 heavy (non-hydrogen) atoms. The summed E-state index contributed by atoms with van der Waals surface area (Å²) < 4.78 is 0. The van der Waals surface area contributed by atoms with E-state index in [0.717, 1.165) is 34.1 Å². The summed E-state index contributed by atoms with van der Waals surface area (Å²) >= 11 is 0. The Morgan fingerprint density at radius 2 is 1.71 bits per heavy atom. The molecule has 0 saturated carbocycles. The summed E-state index contributed by atoms with van der Waals surface area (Å²) in [5.41, 5.74) is 5.19. The number of aryl methyl sites for hydroxylation is 1. The number of amides is 1. The lowest BCUT2D eigenvalue weighted by Crippen LogP contribution is -2.30. The molecule has 0 unspecified atom stereocenters. The predicted octanol–water partition coefficient (Wildman–Crippen LogP) is 4.48. The van der Waals surface area contributed by atoms with Crippen LogP contribution >= 0.6 is 0 Å². The number of rotatable bonds is 6. The van der Waals surface area contributed by atoms with Gasteiger partial charge in [-0.3, -0.25) is 9.78 Å². The third-order valence-electron chi connectivity index (χ3n) is 5.75. The molecular formula is C27H27N5O3. The zero-order valence-electron chi connectivity index (χ0n) is 20.1. The number of carbonyl (C=O) groups is 1. The number of aromatic hydroxyl groups is 2. The van der Waals surface area contributed by atoms with E-state index >= 15 is 0 Å². The van der Waals surface area contributed by atoms with Crippen molar-refractivity contribution in [3.8, 4) is 22.8 Å². The van der Waals surface area contributed by atoms with Gasteiger partial charge in [-0.25, -0.2) is 9.97 Å². The van der Waals surface area contributed by atoms with Crippen molar-refractivity contribution < 1.29 is 15.0 Å². The quantitative estimate of drug-likeness (QED) is 0.429. The molecule has 1 amide bonds. The van der Waals surface area contributed by atoms with E-state index in [4.69, 9.17) is 4.98 Å². The van der Waals surface area contributed by atoms with E-state index < -0.39 is 5.91 Å². The van der Waals surface area contributed by atoms with Crippen LogP contribution in [0.1, 0.15) is 27.2 Å². The molecule has 0 saturated heterocycles. The SMILES string of the molecule is Cc1nc(N(C)C)nc(-c2ccc(N(Cc3cccnc3)C(=O)c3ccc(O)cc3O)cc2)c1C. The van der Waals surface area contributed by atoms with Gasteiger partial charge in [0.25, 0.3) is 5.91 Å². The number of nitrogens with zero attached hydrogens (tertiary/aromatic N) is 5. The maximum absolute atomic E-state index is 13.5. The average molecular weight is 470 g/mol. The van der Waals surface area contributed by atoms with E-state index in [1.807, 2.05) is 69.2 Å². The number of pyridine rings is 1. The van der Waals surface area contributed by atoms with Crippen LogP contribution < -0.4 is 9.80 Å². The molecule has 0 fully saturated rings.